The average Bonchev–Trinajstić information content (AvgIpc) is 3.15. The molecule has 0 unspecified atom stereocenters. The molecule has 21 heavy (non-hydrogen) atoms. The summed E-state index contributed by atoms with van der Waals surface area (Å²) in [6.07, 6.45) is 4.78. The Kier molecular flexibility index (Phi) is 3.98. The fourth-order valence-corrected chi connectivity index (χ4v) is 3.00. The van der Waals surface area contributed by atoms with E-state index in [1.165, 1.54) is 22.7 Å². The average molecular weight is 318 g/mol. The Bertz CT molecular complexity index is 754. The lowest BCUT2D eigenvalue weighted by Gasteiger charge is -2.01. The Morgan fingerprint density at radius 3 is 2.90 bits per heavy atom. The van der Waals surface area contributed by atoms with Crippen LogP contribution in [0.3, 0.4) is 0 Å². The zero-order valence-electron chi connectivity index (χ0n) is 11.0. The lowest BCUT2D eigenvalue weighted by Crippen LogP contribution is -2.05. The van der Waals surface area contributed by atoms with Crippen molar-refractivity contribution < 1.29 is 9.53 Å². The maximum atomic E-state index is 12.0. The highest BCUT2D eigenvalue weighted by atomic mass is 32.1. The van der Waals surface area contributed by atoms with Crippen molar-refractivity contribution in [1.82, 2.24) is 19.9 Å². The Morgan fingerprint density at radius 1 is 1.29 bits per heavy atom. The van der Waals surface area contributed by atoms with E-state index in [-0.39, 0.29) is 12.3 Å². The molecule has 0 bridgehead atoms. The molecule has 0 saturated heterocycles. The molecule has 0 N–H and O–H groups in total. The number of rotatable bonds is 4. The lowest BCUT2D eigenvalue weighted by atomic mass is 10.4. The van der Waals surface area contributed by atoms with E-state index in [4.69, 9.17) is 4.74 Å². The first-order valence-corrected chi connectivity index (χ1v) is 7.78. The molecule has 0 aliphatic heterocycles. The maximum absolute atomic E-state index is 12.0. The Morgan fingerprint density at radius 2 is 2.19 bits per heavy atom. The minimum atomic E-state index is -0.450. The molecule has 0 atom stereocenters. The number of thiazole rings is 2. The summed E-state index contributed by atoms with van der Waals surface area (Å²) in [5.74, 6) is -0.450. The maximum Gasteiger partial charge on any atom is 0.358 e. The minimum absolute atomic E-state index is 0.216. The second kappa shape index (κ2) is 6.06. The first kappa shape index (κ1) is 13.8. The van der Waals surface area contributed by atoms with E-state index >= 15 is 0 Å². The highest BCUT2D eigenvalue weighted by Crippen LogP contribution is 2.21. The predicted molar refractivity (Wildman–Crippen MR) is 79.1 cm³/mol. The zero-order valence-corrected chi connectivity index (χ0v) is 12.6. The number of carbonyl (C=O) groups is 1. The van der Waals surface area contributed by atoms with Gasteiger partial charge in [0.2, 0.25) is 0 Å². The number of esters is 1. The molecular weight excluding hydrogens is 308 g/mol. The van der Waals surface area contributed by atoms with Crippen molar-refractivity contribution in [1.29, 1.82) is 0 Å². The van der Waals surface area contributed by atoms with Gasteiger partial charge in [0, 0.05) is 17.8 Å². The quantitative estimate of drug-likeness (QED) is 0.688. The molecule has 0 aliphatic carbocycles. The van der Waals surface area contributed by atoms with E-state index in [0.717, 1.165) is 10.6 Å². The highest BCUT2D eigenvalue weighted by Gasteiger charge is 2.15. The van der Waals surface area contributed by atoms with Gasteiger partial charge in [-0.1, -0.05) is 0 Å². The van der Waals surface area contributed by atoms with Crippen LogP contribution in [0.15, 0.2) is 29.5 Å². The molecule has 0 aliphatic rings. The summed E-state index contributed by atoms with van der Waals surface area (Å²) in [4.78, 5) is 29.4. The third kappa shape index (κ3) is 3.11. The predicted octanol–water partition coefficient (Wildman–Crippen LogP) is 2.72. The molecule has 8 heteroatoms. The molecule has 0 saturated carbocycles. The van der Waals surface area contributed by atoms with Gasteiger partial charge < -0.3 is 4.74 Å². The fourth-order valence-electron chi connectivity index (χ4n) is 1.56. The fraction of sp³-hybridized carbons (Fsp3) is 0.154. The smallest absolute Gasteiger partial charge is 0.358 e. The Hall–Kier alpha value is -2.19. The molecule has 0 radical (unpaired) electrons. The number of aromatic nitrogens is 4. The van der Waals surface area contributed by atoms with Crippen molar-refractivity contribution in [3.63, 3.8) is 0 Å². The zero-order chi connectivity index (χ0) is 14.7. The summed E-state index contributed by atoms with van der Waals surface area (Å²) in [6, 6.07) is 0. The number of aryl methyl sites for hydroxylation is 1. The van der Waals surface area contributed by atoms with Crippen LogP contribution in [-0.2, 0) is 11.3 Å². The van der Waals surface area contributed by atoms with Crippen molar-refractivity contribution >= 4 is 28.6 Å². The number of nitrogens with zero attached hydrogens (tertiary/aromatic N) is 4. The second-order valence-corrected chi connectivity index (χ2v) is 5.86. The SMILES string of the molecule is Cc1ncsc1COC(=O)c1csc(-c2cnccn2)n1. The Balaban J connectivity index is 1.69. The van der Waals surface area contributed by atoms with Crippen molar-refractivity contribution in [3.8, 4) is 10.7 Å². The first-order valence-electron chi connectivity index (χ1n) is 6.02. The van der Waals surface area contributed by atoms with Crippen molar-refractivity contribution in [2.45, 2.75) is 13.5 Å². The number of carbonyl (C=O) groups excluding carboxylic acids is 1. The Labute approximate surface area is 128 Å². The molecule has 3 rings (SSSR count). The van der Waals surface area contributed by atoms with Crippen LogP contribution >= 0.6 is 22.7 Å². The summed E-state index contributed by atoms with van der Waals surface area (Å²) in [6.45, 7) is 2.10. The van der Waals surface area contributed by atoms with E-state index < -0.39 is 5.97 Å². The van der Waals surface area contributed by atoms with Crippen LogP contribution in [0, 0.1) is 6.92 Å². The van der Waals surface area contributed by atoms with Gasteiger partial charge in [0.05, 0.1) is 22.3 Å². The second-order valence-electron chi connectivity index (χ2n) is 4.07. The molecule has 0 spiro atoms. The van der Waals surface area contributed by atoms with Gasteiger partial charge in [-0.05, 0) is 6.92 Å². The molecule has 106 valence electrons. The summed E-state index contributed by atoms with van der Waals surface area (Å²) in [5.41, 5.74) is 3.53. The van der Waals surface area contributed by atoms with Crippen molar-refractivity contribution in [3.05, 3.63) is 45.7 Å². The largest absolute Gasteiger partial charge is 0.455 e. The number of hydrogen-bond acceptors (Lipinski definition) is 8. The standard InChI is InChI=1S/C13H10N4O2S2/c1-8-11(21-7-16-8)5-19-13(18)10-6-20-12(17-10)9-4-14-2-3-15-9/h2-4,6-7H,5H2,1H3. The van der Waals surface area contributed by atoms with E-state index in [1.54, 1.807) is 29.5 Å². The first-order chi connectivity index (χ1) is 10.2. The topological polar surface area (TPSA) is 77.9 Å². The molecule has 6 nitrogen and oxygen atoms in total. The van der Waals surface area contributed by atoms with Crippen LogP contribution < -0.4 is 0 Å². The highest BCUT2D eigenvalue weighted by molar-refractivity contribution is 7.13. The van der Waals surface area contributed by atoms with Crippen LogP contribution in [0.25, 0.3) is 10.7 Å². The molecule has 3 aromatic rings. The van der Waals surface area contributed by atoms with E-state index in [1.807, 2.05) is 6.92 Å². The van der Waals surface area contributed by atoms with Crippen molar-refractivity contribution in [2.24, 2.45) is 0 Å². The monoisotopic (exact) mass is 318 g/mol. The van der Waals surface area contributed by atoms with Gasteiger partial charge in [0.15, 0.2) is 5.69 Å². The third-order valence-electron chi connectivity index (χ3n) is 2.67. The molecule has 3 heterocycles. The van der Waals surface area contributed by atoms with Gasteiger partial charge in [-0.2, -0.15) is 0 Å². The molecular formula is C13H10N4O2S2. The van der Waals surface area contributed by atoms with Crippen LogP contribution in [-0.4, -0.2) is 25.9 Å². The molecule has 0 fully saturated rings. The van der Waals surface area contributed by atoms with Crippen LogP contribution in [0.2, 0.25) is 0 Å². The van der Waals surface area contributed by atoms with Gasteiger partial charge in [-0.25, -0.2) is 14.8 Å². The number of hydrogen-bond donors (Lipinski definition) is 0. The number of ether oxygens (including phenoxy) is 1. The van der Waals surface area contributed by atoms with E-state index in [2.05, 4.69) is 19.9 Å². The van der Waals surface area contributed by atoms with E-state index in [0.29, 0.717) is 10.7 Å². The third-order valence-corrected chi connectivity index (χ3v) is 4.45. The molecule has 0 aromatic carbocycles. The van der Waals surface area contributed by atoms with E-state index in [9.17, 15) is 4.79 Å². The normalized spacial score (nSPS) is 10.5. The van der Waals surface area contributed by atoms with Crippen molar-refractivity contribution in [2.75, 3.05) is 0 Å². The van der Waals surface area contributed by atoms with Gasteiger partial charge in [0.1, 0.15) is 17.3 Å². The summed E-state index contributed by atoms with van der Waals surface area (Å²) in [5, 5.41) is 2.30. The van der Waals surface area contributed by atoms with Crippen LogP contribution in [0.1, 0.15) is 21.1 Å². The molecule has 3 aromatic heterocycles. The van der Waals surface area contributed by atoms with Gasteiger partial charge in [-0.3, -0.25) is 9.97 Å². The van der Waals surface area contributed by atoms with Crippen LogP contribution in [0.5, 0.6) is 0 Å². The van der Waals surface area contributed by atoms with Gasteiger partial charge >= 0.3 is 5.97 Å². The van der Waals surface area contributed by atoms with Crippen LogP contribution in [0.4, 0.5) is 0 Å². The molecule has 0 amide bonds. The van der Waals surface area contributed by atoms with Gasteiger partial charge in [-0.15, -0.1) is 22.7 Å². The lowest BCUT2D eigenvalue weighted by molar-refractivity contribution is 0.0470. The summed E-state index contributed by atoms with van der Waals surface area (Å²) in [7, 11) is 0. The van der Waals surface area contributed by atoms with Gasteiger partial charge in [0.25, 0.3) is 0 Å². The minimum Gasteiger partial charge on any atom is -0.455 e. The summed E-state index contributed by atoms with van der Waals surface area (Å²) >= 11 is 2.80. The summed E-state index contributed by atoms with van der Waals surface area (Å²) < 4.78 is 5.24.